The van der Waals surface area contributed by atoms with Crippen molar-refractivity contribution >= 4 is 27.3 Å². The topological polar surface area (TPSA) is 125 Å². The lowest BCUT2D eigenvalue weighted by Crippen LogP contribution is -2.22. The van der Waals surface area contributed by atoms with Gasteiger partial charge in [-0.3, -0.25) is 10.1 Å². The summed E-state index contributed by atoms with van der Waals surface area (Å²) in [7, 11) is -5.06. The van der Waals surface area contributed by atoms with Crippen LogP contribution in [-0.4, -0.2) is 18.3 Å². The summed E-state index contributed by atoms with van der Waals surface area (Å²) in [5.41, 5.74) is -4.00. The fraction of sp³-hybridized carbons (Fsp3) is 0.267. The third-order valence-corrected chi connectivity index (χ3v) is 5.02. The van der Waals surface area contributed by atoms with Gasteiger partial charge in [0.1, 0.15) is 4.90 Å². The molecule has 0 aliphatic carbocycles. The van der Waals surface area contributed by atoms with Crippen LogP contribution < -0.4 is 9.88 Å². The molecule has 0 saturated heterocycles. The minimum Gasteiger partial charge on any atom is -0.431 e. The second kappa shape index (κ2) is 7.89. The van der Waals surface area contributed by atoms with Crippen molar-refractivity contribution in [1.82, 2.24) is 4.98 Å². The quantitative estimate of drug-likeness (QED) is 0.534. The first-order chi connectivity index (χ1) is 12.9. The third kappa shape index (κ3) is 4.34. The Bertz CT molecular complexity index is 1010. The van der Waals surface area contributed by atoms with Gasteiger partial charge in [-0.15, -0.1) is 0 Å². The van der Waals surface area contributed by atoms with Crippen LogP contribution in [0.4, 0.5) is 18.9 Å². The minimum absolute atomic E-state index is 0.109. The van der Waals surface area contributed by atoms with E-state index in [9.17, 15) is 31.7 Å². The molecule has 0 unspecified atom stereocenters. The molecule has 1 aromatic carbocycles. The van der Waals surface area contributed by atoms with Crippen molar-refractivity contribution in [3.63, 3.8) is 0 Å². The highest BCUT2D eigenvalue weighted by molar-refractivity contribution is 7.89. The van der Waals surface area contributed by atoms with Crippen LogP contribution in [0.2, 0.25) is 5.02 Å². The Morgan fingerprint density at radius 1 is 1.36 bits per heavy atom. The molecule has 0 spiro atoms. The molecule has 1 aromatic heterocycles. The molecule has 1 heterocycles. The van der Waals surface area contributed by atoms with Gasteiger partial charge in [0.25, 0.3) is 0 Å². The number of benzene rings is 1. The van der Waals surface area contributed by atoms with Crippen LogP contribution in [0.1, 0.15) is 24.5 Å². The number of hydrogen-bond donors (Lipinski definition) is 1. The van der Waals surface area contributed by atoms with E-state index in [2.05, 4.69) is 4.98 Å². The first kappa shape index (κ1) is 21.9. The Balaban J connectivity index is 3.05. The molecule has 0 radical (unpaired) electrons. The number of nitro groups is 1. The van der Waals surface area contributed by atoms with Crippen LogP contribution in [0.15, 0.2) is 29.3 Å². The number of nitrogens with zero attached hydrogens (tertiary/aromatic N) is 2. The SMILES string of the molecule is CCCc1c(Cl)c(S(N)(=O)=O)c(C(F)(F)F)c([N+](=O)[O-])c1Oc1ccccn1. The molecule has 152 valence electrons. The van der Waals surface area contributed by atoms with E-state index in [0.29, 0.717) is 0 Å². The maximum Gasteiger partial charge on any atom is 0.424 e. The average molecular weight is 440 g/mol. The summed E-state index contributed by atoms with van der Waals surface area (Å²) >= 11 is 5.95. The Labute approximate surface area is 162 Å². The van der Waals surface area contributed by atoms with Crippen LogP contribution in [0.25, 0.3) is 0 Å². The van der Waals surface area contributed by atoms with Crippen LogP contribution in [0, 0.1) is 10.1 Å². The Hall–Kier alpha value is -2.44. The molecule has 0 aliphatic rings. The zero-order chi connectivity index (χ0) is 21.3. The van der Waals surface area contributed by atoms with Crippen LogP contribution in [0.5, 0.6) is 11.6 Å². The normalized spacial score (nSPS) is 12.1. The van der Waals surface area contributed by atoms with E-state index in [0.717, 1.165) is 0 Å². The second-order valence-electron chi connectivity index (χ2n) is 5.49. The van der Waals surface area contributed by atoms with Gasteiger partial charge in [0.15, 0.2) is 5.56 Å². The number of nitro benzene ring substituents is 1. The molecule has 13 heteroatoms. The largest absolute Gasteiger partial charge is 0.431 e. The van der Waals surface area contributed by atoms with Crippen molar-refractivity contribution in [3.05, 3.63) is 50.7 Å². The lowest BCUT2D eigenvalue weighted by Gasteiger charge is -2.19. The van der Waals surface area contributed by atoms with Crippen molar-refractivity contribution in [1.29, 1.82) is 0 Å². The van der Waals surface area contributed by atoms with Gasteiger partial charge in [0, 0.05) is 17.8 Å². The number of sulfonamides is 1. The van der Waals surface area contributed by atoms with E-state index in [1.165, 1.54) is 24.4 Å². The van der Waals surface area contributed by atoms with Crippen molar-refractivity contribution in [3.8, 4) is 11.6 Å². The molecule has 0 bridgehead atoms. The lowest BCUT2D eigenvalue weighted by molar-refractivity contribution is -0.389. The van der Waals surface area contributed by atoms with Gasteiger partial charge in [-0.05, 0) is 12.5 Å². The Kier molecular flexibility index (Phi) is 6.16. The first-order valence-electron chi connectivity index (χ1n) is 7.61. The summed E-state index contributed by atoms with van der Waals surface area (Å²) in [6.07, 6.45) is -4.04. The molecule has 0 atom stereocenters. The number of halogens is 4. The fourth-order valence-electron chi connectivity index (χ4n) is 2.51. The van der Waals surface area contributed by atoms with E-state index in [4.69, 9.17) is 21.5 Å². The number of rotatable bonds is 6. The number of alkyl halides is 3. The Morgan fingerprint density at radius 3 is 2.43 bits per heavy atom. The molecular weight excluding hydrogens is 427 g/mol. The molecule has 28 heavy (non-hydrogen) atoms. The summed E-state index contributed by atoms with van der Waals surface area (Å²) < 4.78 is 69.9. The van der Waals surface area contributed by atoms with E-state index in [1.54, 1.807) is 6.92 Å². The minimum atomic E-state index is -5.46. The number of hydrogen-bond acceptors (Lipinski definition) is 6. The summed E-state index contributed by atoms with van der Waals surface area (Å²) in [5.74, 6) is -1.08. The highest BCUT2D eigenvalue weighted by atomic mass is 35.5. The van der Waals surface area contributed by atoms with Gasteiger partial charge in [-0.1, -0.05) is 31.0 Å². The Morgan fingerprint density at radius 2 is 2.00 bits per heavy atom. The molecule has 0 aliphatic heterocycles. The van der Waals surface area contributed by atoms with Gasteiger partial charge in [-0.25, -0.2) is 18.5 Å². The van der Waals surface area contributed by atoms with Gasteiger partial charge in [0.05, 0.1) is 9.95 Å². The average Bonchev–Trinajstić information content (AvgIpc) is 2.56. The zero-order valence-electron chi connectivity index (χ0n) is 14.2. The summed E-state index contributed by atoms with van der Waals surface area (Å²) in [6.45, 7) is 1.61. The lowest BCUT2D eigenvalue weighted by atomic mass is 10.0. The summed E-state index contributed by atoms with van der Waals surface area (Å²) in [4.78, 5) is 12.4. The van der Waals surface area contributed by atoms with Crippen LogP contribution in [-0.2, 0) is 22.6 Å². The van der Waals surface area contributed by atoms with Crippen molar-refractivity contribution < 1.29 is 31.2 Å². The van der Waals surface area contributed by atoms with Gasteiger partial charge in [0.2, 0.25) is 21.7 Å². The van der Waals surface area contributed by atoms with Gasteiger partial charge >= 0.3 is 11.9 Å². The molecule has 0 amide bonds. The van der Waals surface area contributed by atoms with Gasteiger partial charge in [-0.2, -0.15) is 13.2 Å². The highest BCUT2D eigenvalue weighted by Gasteiger charge is 2.48. The summed E-state index contributed by atoms with van der Waals surface area (Å²) in [6, 6.07) is 4.19. The van der Waals surface area contributed by atoms with Crippen molar-refractivity contribution in [2.45, 2.75) is 30.8 Å². The number of nitrogens with two attached hydrogens (primary N) is 1. The molecule has 8 nitrogen and oxygen atoms in total. The molecule has 0 saturated carbocycles. The molecule has 2 rings (SSSR count). The smallest absolute Gasteiger partial charge is 0.424 e. The first-order valence-corrected chi connectivity index (χ1v) is 9.53. The number of ether oxygens (including phenoxy) is 1. The van der Waals surface area contributed by atoms with E-state index in [1.807, 2.05) is 0 Å². The van der Waals surface area contributed by atoms with Gasteiger partial charge < -0.3 is 4.74 Å². The van der Waals surface area contributed by atoms with Crippen LogP contribution in [0.3, 0.4) is 0 Å². The number of primary sulfonamides is 1. The molecule has 0 fully saturated rings. The summed E-state index contributed by atoms with van der Waals surface area (Å²) in [5, 5.41) is 15.6. The van der Waals surface area contributed by atoms with Crippen molar-refractivity contribution in [2.24, 2.45) is 5.14 Å². The maximum absolute atomic E-state index is 13.7. The standard InChI is InChI=1S/C15H13ClF3N3O5S/c1-2-5-8-11(16)14(28(20,25)26)10(15(17,18)19)12(22(23)24)13(8)27-9-6-3-4-7-21-9/h3-4,6-7H,2,5H2,1H3,(H2,20,25,26). The van der Waals surface area contributed by atoms with E-state index < -0.39 is 48.0 Å². The third-order valence-electron chi connectivity index (χ3n) is 3.51. The predicted molar refractivity (Wildman–Crippen MR) is 92.8 cm³/mol. The second-order valence-corrected chi connectivity index (χ2v) is 7.37. The van der Waals surface area contributed by atoms with E-state index >= 15 is 0 Å². The number of pyridine rings is 1. The predicted octanol–water partition coefficient (Wildman–Crippen LogP) is 4.05. The molecule has 2 N–H and O–H groups in total. The highest BCUT2D eigenvalue weighted by Crippen LogP contribution is 2.51. The maximum atomic E-state index is 13.7. The van der Waals surface area contributed by atoms with Crippen LogP contribution >= 0.6 is 11.6 Å². The molecular formula is C15H13ClF3N3O5S. The number of aromatic nitrogens is 1. The fourth-order valence-corrected chi connectivity index (χ4v) is 3.98. The van der Waals surface area contributed by atoms with Crippen molar-refractivity contribution in [2.75, 3.05) is 0 Å². The molecule has 2 aromatic rings. The zero-order valence-corrected chi connectivity index (χ0v) is 15.7. The van der Waals surface area contributed by atoms with E-state index in [-0.39, 0.29) is 24.3 Å². The monoisotopic (exact) mass is 439 g/mol.